The van der Waals surface area contributed by atoms with Crippen molar-refractivity contribution in [2.75, 3.05) is 11.9 Å². The minimum Gasteiger partial charge on any atom is -0.484 e. The number of aryl methyl sites for hydroxylation is 1. The minimum absolute atomic E-state index is 0.128. The summed E-state index contributed by atoms with van der Waals surface area (Å²) in [7, 11) is 0. The molecule has 0 aromatic heterocycles. The standard InChI is InChI=1S/C26H23N3O4/c1-18-6-5-9-21(14-18)27-24(30)17-33-22-12-10-19(11-13-22)15-23-25(31)29(26(32)28-23)16-20-7-3-2-4-8-20/h2-15H,16-17H2,1H3,(H,27,30)(H,28,32)/b23-15+. The number of hydrogen-bond donors (Lipinski definition) is 2. The predicted molar refractivity (Wildman–Crippen MR) is 125 cm³/mol. The quantitative estimate of drug-likeness (QED) is 0.427. The molecule has 2 N–H and O–H groups in total. The lowest BCUT2D eigenvalue weighted by molar-refractivity contribution is -0.123. The van der Waals surface area contributed by atoms with E-state index in [1.165, 1.54) is 4.90 Å². The summed E-state index contributed by atoms with van der Waals surface area (Å²) in [5, 5.41) is 5.41. The first-order valence-corrected chi connectivity index (χ1v) is 10.5. The van der Waals surface area contributed by atoms with E-state index in [1.807, 2.05) is 61.5 Å². The molecule has 166 valence electrons. The molecule has 3 aromatic rings. The minimum atomic E-state index is -0.449. The second-order valence-electron chi connectivity index (χ2n) is 7.64. The number of ether oxygens (including phenoxy) is 1. The Morgan fingerprint density at radius 3 is 2.48 bits per heavy atom. The lowest BCUT2D eigenvalue weighted by Crippen LogP contribution is -2.30. The molecule has 0 aliphatic carbocycles. The second-order valence-corrected chi connectivity index (χ2v) is 7.64. The Morgan fingerprint density at radius 1 is 1.00 bits per heavy atom. The maximum Gasteiger partial charge on any atom is 0.329 e. The number of carbonyl (C=O) groups excluding carboxylic acids is 3. The van der Waals surface area contributed by atoms with Gasteiger partial charge in [0.05, 0.1) is 6.54 Å². The van der Waals surface area contributed by atoms with Gasteiger partial charge in [-0.3, -0.25) is 14.5 Å². The van der Waals surface area contributed by atoms with Crippen LogP contribution >= 0.6 is 0 Å². The van der Waals surface area contributed by atoms with Crippen LogP contribution in [0.4, 0.5) is 10.5 Å². The highest BCUT2D eigenvalue weighted by Gasteiger charge is 2.33. The van der Waals surface area contributed by atoms with Crippen LogP contribution in [-0.2, 0) is 16.1 Å². The van der Waals surface area contributed by atoms with Gasteiger partial charge in [-0.15, -0.1) is 0 Å². The first kappa shape index (κ1) is 21.8. The maximum absolute atomic E-state index is 12.6. The number of carbonyl (C=O) groups is 3. The third-order valence-electron chi connectivity index (χ3n) is 5.01. The highest BCUT2D eigenvalue weighted by molar-refractivity contribution is 6.13. The van der Waals surface area contributed by atoms with E-state index in [1.54, 1.807) is 30.3 Å². The van der Waals surface area contributed by atoms with E-state index in [2.05, 4.69) is 10.6 Å². The zero-order chi connectivity index (χ0) is 23.2. The Bertz CT molecular complexity index is 1200. The molecule has 4 amide bonds. The van der Waals surface area contributed by atoms with Crippen LogP contribution in [0, 0.1) is 6.92 Å². The molecule has 0 spiro atoms. The number of rotatable bonds is 7. The number of amides is 4. The molecule has 0 saturated carbocycles. The summed E-state index contributed by atoms with van der Waals surface area (Å²) < 4.78 is 5.54. The van der Waals surface area contributed by atoms with Crippen LogP contribution in [-0.4, -0.2) is 29.4 Å². The number of anilines is 1. The van der Waals surface area contributed by atoms with E-state index in [0.29, 0.717) is 5.75 Å². The molecular weight excluding hydrogens is 418 g/mol. The van der Waals surface area contributed by atoms with E-state index in [4.69, 9.17) is 4.74 Å². The molecule has 0 atom stereocenters. The van der Waals surface area contributed by atoms with Crippen molar-refractivity contribution in [1.82, 2.24) is 10.2 Å². The van der Waals surface area contributed by atoms with Crippen molar-refractivity contribution in [3.05, 3.63) is 101 Å². The molecule has 4 rings (SSSR count). The number of benzene rings is 3. The molecule has 1 heterocycles. The highest BCUT2D eigenvalue weighted by atomic mass is 16.5. The fraction of sp³-hybridized carbons (Fsp3) is 0.115. The van der Waals surface area contributed by atoms with E-state index in [-0.39, 0.29) is 30.7 Å². The number of hydrogen-bond acceptors (Lipinski definition) is 4. The van der Waals surface area contributed by atoms with Crippen molar-refractivity contribution in [2.45, 2.75) is 13.5 Å². The van der Waals surface area contributed by atoms with Crippen molar-refractivity contribution in [1.29, 1.82) is 0 Å². The van der Waals surface area contributed by atoms with E-state index < -0.39 is 6.03 Å². The molecular formula is C26H23N3O4. The van der Waals surface area contributed by atoms with E-state index >= 15 is 0 Å². The molecule has 1 saturated heterocycles. The maximum atomic E-state index is 12.6. The van der Waals surface area contributed by atoms with Gasteiger partial charge in [0.1, 0.15) is 11.4 Å². The van der Waals surface area contributed by atoms with Crippen molar-refractivity contribution in [3.63, 3.8) is 0 Å². The molecule has 1 aliphatic rings. The summed E-state index contributed by atoms with van der Waals surface area (Å²) in [6.07, 6.45) is 1.61. The Hall–Kier alpha value is -4.39. The van der Waals surface area contributed by atoms with Crippen LogP contribution in [0.1, 0.15) is 16.7 Å². The predicted octanol–water partition coefficient (Wildman–Crippen LogP) is 4.11. The van der Waals surface area contributed by atoms with Gasteiger partial charge in [0.25, 0.3) is 11.8 Å². The van der Waals surface area contributed by atoms with Gasteiger partial charge in [-0.25, -0.2) is 4.79 Å². The lowest BCUT2D eigenvalue weighted by atomic mass is 10.1. The van der Waals surface area contributed by atoms with Gasteiger partial charge in [0, 0.05) is 5.69 Å². The SMILES string of the molecule is Cc1cccc(NC(=O)COc2ccc(/C=C3/NC(=O)N(Cc4ccccc4)C3=O)cc2)c1. The molecule has 0 unspecified atom stereocenters. The summed E-state index contributed by atoms with van der Waals surface area (Å²) in [4.78, 5) is 38.1. The molecule has 0 radical (unpaired) electrons. The van der Waals surface area contributed by atoms with Gasteiger partial charge in [0.2, 0.25) is 0 Å². The van der Waals surface area contributed by atoms with Crippen LogP contribution in [0.25, 0.3) is 6.08 Å². The smallest absolute Gasteiger partial charge is 0.329 e. The van der Waals surface area contributed by atoms with Crippen molar-refractivity contribution >= 4 is 29.6 Å². The Morgan fingerprint density at radius 2 is 1.76 bits per heavy atom. The molecule has 7 heteroatoms. The van der Waals surface area contributed by atoms with E-state index in [0.717, 1.165) is 22.4 Å². The molecule has 3 aromatic carbocycles. The van der Waals surface area contributed by atoms with Crippen LogP contribution < -0.4 is 15.4 Å². The van der Waals surface area contributed by atoms with Gasteiger partial charge >= 0.3 is 6.03 Å². The Kier molecular flexibility index (Phi) is 6.50. The molecule has 1 fully saturated rings. The molecule has 7 nitrogen and oxygen atoms in total. The van der Waals surface area contributed by atoms with Gasteiger partial charge in [-0.05, 0) is 54.0 Å². The number of nitrogens with zero attached hydrogens (tertiary/aromatic N) is 1. The summed E-state index contributed by atoms with van der Waals surface area (Å²) in [6, 6.07) is 23.3. The highest BCUT2D eigenvalue weighted by Crippen LogP contribution is 2.19. The molecule has 33 heavy (non-hydrogen) atoms. The van der Waals surface area contributed by atoms with E-state index in [9.17, 15) is 14.4 Å². The fourth-order valence-corrected chi connectivity index (χ4v) is 3.38. The van der Waals surface area contributed by atoms with Crippen LogP contribution in [0.15, 0.2) is 84.6 Å². The topological polar surface area (TPSA) is 87.7 Å². The first-order valence-electron chi connectivity index (χ1n) is 10.5. The third-order valence-corrected chi connectivity index (χ3v) is 5.01. The van der Waals surface area contributed by atoms with Crippen LogP contribution in [0.3, 0.4) is 0 Å². The second kappa shape index (κ2) is 9.82. The fourth-order valence-electron chi connectivity index (χ4n) is 3.38. The number of imide groups is 1. The zero-order valence-corrected chi connectivity index (χ0v) is 18.1. The van der Waals surface area contributed by atoms with Gasteiger partial charge in [-0.2, -0.15) is 0 Å². The normalized spacial score (nSPS) is 14.3. The molecule has 1 aliphatic heterocycles. The molecule has 0 bridgehead atoms. The average molecular weight is 441 g/mol. The number of urea groups is 1. The summed E-state index contributed by atoms with van der Waals surface area (Å²) in [5.74, 6) is -0.120. The van der Waals surface area contributed by atoms with Gasteiger partial charge in [-0.1, -0.05) is 54.6 Å². The first-order chi connectivity index (χ1) is 16.0. The Balaban J connectivity index is 1.33. The monoisotopic (exact) mass is 441 g/mol. The third kappa shape index (κ3) is 5.65. The summed E-state index contributed by atoms with van der Waals surface area (Å²) >= 11 is 0. The van der Waals surface area contributed by atoms with Crippen molar-refractivity contribution < 1.29 is 19.1 Å². The zero-order valence-electron chi connectivity index (χ0n) is 18.1. The lowest BCUT2D eigenvalue weighted by Gasteiger charge is -2.11. The van der Waals surface area contributed by atoms with Crippen molar-refractivity contribution in [3.8, 4) is 5.75 Å². The Labute approximate surface area is 191 Å². The number of nitrogens with one attached hydrogen (secondary N) is 2. The largest absolute Gasteiger partial charge is 0.484 e. The van der Waals surface area contributed by atoms with Crippen LogP contribution in [0.2, 0.25) is 0 Å². The summed E-state index contributed by atoms with van der Waals surface area (Å²) in [6.45, 7) is 2.03. The summed E-state index contributed by atoms with van der Waals surface area (Å²) in [5.41, 5.74) is 3.57. The van der Waals surface area contributed by atoms with Crippen molar-refractivity contribution in [2.24, 2.45) is 0 Å². The van der Waals surface area contributed by atoms with Crippen LogP contribution in [0.5, 0.6) is 5.75 Å². The average Bonchev–Trinajstić information content (AvgIpc) is 3.06. The van der Waals surface area contributed by atoms with Gasteiger partial charge < -0.3 is 15.4 Å². The van der Waals surface area contributed by atoms with Gasteiger partial charge in [0.15, 0.2) is 6.61 Å².